The molecule has 1 aromatic heterocycles. The lowest BCUT2D eigenvalue weighted by Gasteiger charge is -2.02. The molecule has 0 spiro atoms. The standard InChI is InChI=1S/C12H12N2/c1-2-6-9(5-1)12-13-10-7-3-4-8-11(10)14-12/h1-4,7-9H,5-6H2,(H,13,14). The van der Waals surface area contributed by atoms with E-state index in [2.05, 4.69) is 34.3 Å². The fraction of sp³-hybridized carbons (Fsp3) is 0.250. The average Bonchev–Trinajstić information content (AvgIpc) is 2.86. The van der Waals surface area contributed by atoms with Crippen molar-refractivity contribution in [3.63, 3.8) is 0 Å². The summed E-state index contributed by atoms with van der Waals surface area (Å²) in [7, 11) is 0. The second kappa shape index (κ2) is 2.98. The number of benzene rings is 1. The molecule has 1 aliphatic carbocycles. The summed E-state index contributed by atoms with van der Waals surface area (Å²) in [6, 6.07) is 8.20. The van der Waals surface area contributed by atoms with Gasteiger partial charge in [-0.3, -0.25) is 0 Å². The van der Waals surface area contributed by atoms with Crippen molar-refractivity contribution in [2.24, 2.45) is 0 Å². The molecule has 3 rings (SSSR count). The van der Waals surface area contributed by atoms with Crippen LogP contribution in [0.5, 0.6) is 0 Å². The molecule has 1 heterocycles. The maximum absolute atomic E-state index is 4.60. The number of H-pyrrole nitrogens is 1. The number of nitrogens with zero attached hydrogens (tertiary/aromatic N) is 1. The molecule has 0 unspecified atom stereocenters. The van der Waals surface area contributed by atoms with Crippen LogP contribution in [0, 0.1) is 0 Å². The van der Waals surface area contributed by atoms with E-state index in [1.54, 1.807) is 0 Å². The quantitative estimate of drug-likeness (QED) is 0.678. The summed E-state index contributed by atoms with van der Waals surface area (Å²) in [6.07, 6.45) is 6.72. The largest absolute Gasteiger partial charge is 0.342 e. The molecule has 0 amide bonds. The Morgan fingerprint density at radius 1 is 1.14 bits per heavy atom. The van der Waals surface area contributed by atoms with Gasteiger partial charge in [0, 0.05) is 5.92 Å². The van der Waals surface area contributed by atoms with Gasteiger partial charge in [-0.25, -0.2) is 4.98 Å². The number of aromatic nitrogens is 2. The minimum Gasteiger partial charge on any atom is -0.342 e. The average molecular weight is 184 g/mol. The van der Waals surface area contributed by atoms with E-state index < -0.39 is 0 Å². The number of rotatable bonds is 1. The Hall–Kier alpha value is -1.57. The molecule has 0 aliphatic heterocycles. The van der Waals surface area contributed by atoms with Gasteiger partial charge in [-0.05, 0) is 25.0 Å². The first-order chi connectivity index (χ1) is 6.93. The lowest BCUT2D eigenvalue weighted by atomic mass is 10.1. The van der Waals surface area contributed by atoms with E-state index in [-0.39, 0.29) is 0 Å². The number of hydrogen-bond donors (Lipinski definition) is 1. The van der Waals surface area contributed by atoms with Gasteiger partial charge in [0.05, 0.1) is 11.0 Å². The van der Waals surface area contributed by atoms with E-state index in [0.29, 0.717) is 5.92 Å². The fourth-order valence-electron chi connectivity index (χ4n) is 2.01. The second-order valence-electron chi connectivity index (χ2n) is 3.78. The van der Waals surface area contributed by atoms with Gasteiger partial charge in [-0.15, -0.1) is 0 Å². The Balaban J connectivity index is 2.05. The van der Waals surface area contributed by atoms with E-state index in [1.807, 2.05) is 12.1 Å². The van der Waals surface area contributed by atoms with Gasteiger partial charge in [-0.2, -0.15) is 0 Å². The molecule has 1 aromatic carbocycles. The molecule has 0 saturated heterocycles. The summed E-state index contributed by atoms with van der Waals surface area (Å²) in [5.74, 6) is 1.71. The van der Waals surface area contributed by atoms with Crippen LogP contribution in [0.3, 0.4) is 0 Å². The normalized spacial score (nSPS) is 16.9. The topological polar surface area (TPSA) is 28.7 Å². The van der Waals surface area contributed by atoms with Gasteiger partial charge >= 0.3 is 0 Å². The summed E-state index contributed by atoms with van der Waals surface area (Å²) < 4.78 is 0. The van der Waals surface area contributed by atoms with Gasteiger partial charge in [0.25, 0.3) is 0 Å². The van der Waals surface area contributed by atoms with E-state index >= 15 is 0 Å². The van der Waals surface area contributed by atoms with Crippen LogP contribution in [0.1, 0.15) is 24.6 Å². The van der Waals surface area contributed by atoms with Gasteiger partial charge < -0.3 is 4.98 Å². The predicted molar refractivity (Wildman–Crippen MR) is 57.2 cm³/mol. The molecule has 0 radical (unpaired) electrons. The molecule has 70 valence electrons. The molecule has 2 aromatic rings. The van der Waals surface area contributed by atoms with Crippen LogP contribution in [0.15, 0.2) is 36.4 Å². The van der Waals surface area contributed by atoms with Crippen LogP contribution in [-0.2, 0) is 0 Å². The summed E-state index contributed by atoms with van der Waals surface area (Å²) in [5.41, 5.74) is 2.23. The number of allylic oxidation sites excluding steroid dienone is 2. The highest BCUT2D eigenvalue weighted by Crippen LogP contribution is 2.28. The zero-order valence-electron chi connectivity index (χ0n) is 7.90. The maximum Gasteiger partial charge on any atom is 0.110 e. The minimum absolute atomic E-state index is 0.572. The van der Waals surface area contributed by atoms with Gasteiger partial charge in [-0.1, -0.05) is 24.3 Å². The van der Waals surface area contributed by atoms with Crippen molar-refractivity contribution in [3.8, 4) is 0 Å². The first-order valence-corrected chi connectivity index (χ1v) is 5.03. The number of fused-ring (bicyclic) bond motifs is 1. The summed E-state index contributed by atoms with van der Waals surface area (Å²) in [6.45, 7) is 0. The van der Waals surface area contributed by atoms with Crippen molar-refractivity contribution in [2.75, 3.05) is 0 Å². The second-order valence-corrected chi connectivity index (χ2v) is 3.78. The molecule has 2 heteroatoms. The zero-order chi connectivity index (χ0) is 9.38. The Kier molecular flexibility index (Phi) is 1.66. The van der Waals surface area contributed by atoms with E-state index in [4.69, 9.17) is 0 Å². The lowest BCUT2D eigenvalue weighted by molar-refractivity contribution is 0.707. The summed E-state index contributed by atoms with van der Waals surface area (Å²) in [4.78, 5) is 7.99. The highest BCUT2D eigenvalue weighted by molar-refractivity contribution is 5.74. The van der Waals surface area contributed by atoms with Gasteiger partial charge in [0.15, 0.2) is 0 Å². The van der Waals surface area contributed by atoms with E-state index in [1.165, 1.54) is 0 Å². The Morgan fingerprint density at radius 3 is 2.71 bits per heavy atom. The molecule has 0 saturated carbocycles. The fourth-order valence-corrected chi connectivity index (χ4v) is 2.01. The van der Waals surface area contributed by atoms with Crippen molar-refractivity contribution < 1.29 is 0 Å². The van der Waals surface area contributed by atoms with Crippen molar-refractivity contribution >= 4 is 11.0 Å². The molecule has 14 heavy (non-hydrogen) atoms. The molecule has 0 atom stereocenters. The lowest BCUT2D eigenvalue weighted by Crippen LogP contribution is -1.94. The highest BCUT2D eigenvalue weighted by Gasteiger charge is 2.16. The van der Waals surface area contributed by atoms with Crippen LogP contribution in [0.25, 0.3) is 11.0 Å². The first-order valence-electron chi connectivity index (χ1n) is 5.03. The minimum atomic E-state index is 0.572. The summed E-state index contributed by atoms with van der Waals surface area (Å²) in [5, 5.41) is 0. The molecule has 1 aliphatic rings. The monoisotopic (exact) mass is 184 g/mol. The van der Waals surface area contributed by atoms with E-state index in [0.717, 1.165) is 29.7 Å². The summed E-state index contributed by atoms with van der Waals surface area (Å²) >= 11 is 0. The highest BCUT2D eigenvalue weighted by atomic mass is 14.9. The van der Waals surface area contributed by atoms with Crippen molar-refractivity contribution in [1.82, 2.24) is 9.97 Å². The third-order valence-corrected chi connectivity index (χ3v) is 2.80. The van der Waals surface area contributed by atoms with Crippen LogP contribution < -0.4 is 0 Å². The third-order valence-electron chi connectivity index (χ3n) is 2.80. The SMILES string of the molecule is C1=CCC(c2nc3ccccc3[nH]2)C1. The Labute approximate surface area is 82.7 Å². The van der Waals surface area contributed by atoms with Crippen LogP contribution >= 0.6 is 0 Å². The van der Waals surface area contributed by atoms with Gasteiger partial charge in [0.1, 0.15) is 5.82 Å². The maximum atomic E-state index is 4.60. The number of hydrogen-bond acceptors (Lipinski definition) is 1. The van der Waals surface area contributed by atoms with Crippen molar-refractivity contribution in [1.29, 1.82) is 0 Å². The number of para-hydroxylation sites is 2. The number of aromatic amines is 1. The van der Waals surface area contributed by atoms with Crippen LogP contribution in [0.2, 0.25) is 0 Å². The smallest absolute Gasteiger partial charge is 0.110 e. The molecular formula is C12H12N2. The molecule has 1 N–H and O–H groups in total. The number of imidazole rings is 1. The first kappa shape index (κ1) is 7.80. The van der Waals surface area contributed by atoms with Crippen molar-refractivity contribution in [2.45, 2.75) is 18.8 Å². The van der Waals surface area contributed by atoms with E-state index in [9.17, 15) is 0 Å². The predicted octanol–water partition coefficient (Wildman–Crippen LogP) is 3.00. The third kappa shape index (κ3) is 1.15. The van der Waals surface area contributed by atoms with Gasteiger partial charge in [0.2, 0.25) is 0 Å². The van der Waals surface area contributed by atoms with Crippen LogP contribution in [-0.4, -0.2) is 9.97 Å². The molecular weight excluding hydrogens is 172 g/mol. The van der Waals surface area contributed by atoms with Crippen LogP contribution in [0.4, 0.5) is 0 Å². The molecule has 0 fully saturated rings. The van der Waals surface area contributed by atoms with Crippen molar-refractivity contribution in [3.05, 3.63) is 42.2 Å². The molecule has 0 bridgehead atoms. The Bertz CT molecular complexity index is 441. The molecule has 2 nitrogen and oxygen atoms in total. The Morgan fingerprint density at radius 2 is 1.93 bits per heavy atom. The number of nitrogens with one attached hydrogen (secondary N) is 1. The zero-order valence-corrected chi connectivity index (χ0v) is 7.90.